The molecule has 138 valence electrons. The van der Waals surface area contributed by atoms with Gasteiger partial charge >= 0.3 is 5.97 Å². The molecular weight excluding hydrogens is 373 g/mol. The van der Waals surface area contributed by atoms with E-state index >= 15 is 0 Å². The van der Waals surface area contributed by atoms with E-state index in [2.05, 4.69) is 20.3 Å². The van der Waals surface area contributed by atoms with Gasteiger partial charge < -0.3 is 15.8 Å². The first-order valence-corrected chi connectivity index (χ1v) is 8.25. The SMILES string of the molecule is Cc1ccc(Nc2nc(N)nc(COC(=O)c3c(F)cccc3Cl)n2)cc1. The van der Waals surface area contributed by atoms with Crippen molar-refractivity contribution in [3.05, 3.63) is 70.3 Å². The number of ether oxygens (including phenoxy) is 1. The van der Waals surface area contributed by atoms with Crippen LogP contribution in [0.25, 0.3) is 0 Å². The Labute approximate surface area is 159 Å². The molecule has 0 unspecified atom stereocenters. The zero-order chi connectivity index (χ0) is 19.4. The summed E-state index contributed by atoms with van der Waals surface area (Å²) >= 11 is 5.85. The number of esters is 1. The zero-order valence-corrected chi connectivity index (χ0v) is 15.0. The highest BCUT2D eigenvalue weighted by atomic mass is 35.5. The average Bonchev–Trinajstić information content (AvgIpc) is 2.61. The first kappa shape index (κ1) is 18.5. The molecule has 0 saturated carbocycles. The lowest BCUT2D eigenvalue weighted by molar-refractivity contribution is 0.0457. The molecule has 2 aromatic carbocycles. The fourth-order valence-electron chi connectivity index (χ4n) is 2.22. The van der Waals surface area contributed by atoms with Crippen molar-refractivity contribution in [3.8, 4) is 0 Å². The third-order valence-corrected chi connectivity index (χ3v) is 3.82. The van der Waals surface area contributed by atoms with E-state index < -0.39 is 11.8 Å². The molecule has 27 heavy (non-hydrogen) atoms. The second kappa shape index (κ2) is 7.96. The van der Waals surface area contributed by atoms with Crippen molar-refractivity contribution in [1.29, 1.82) is 0 Å². The number of halogens is 2. The van der Waals surface area contributed by atoms with Gasteiger partial charge in [0.05, 0.1) is 5.02 Å². The summed E-state index contributed by atoms with van der Waals surface area (Å²) in [5.74, 6) is -1.44. The predicted molar refractivity (Wildman–Crippen MR) is 99.2 cm³/mol. The summed E-state index contributed by atoms with van der Waals surface area (Å²) in [6.45, 7) is 1.65. The monoisotopic (exact) mass is 387 g/mol. The van der Waals surface area contributed by atoms with E-state index in [1.54, 1.807) is 0 Å². The molecule has 0 aliphatic rings. The van der Waals surface area contributed by atoms with E-state index in [0.29, 0.717) is 0 Å². The van der Waals surface area contributed by atoms with Crippen LogP contribution in [-0.2, 0) is 11.3 Å². The summed E-state index contributed by atoms with van der Waals surface area (Å²) in [6.07, 6.45) is 0. The summed E-state index contributed by atoms with van der Waals surface area (Å²) in [6, 6.07) is 11.5. The van der Waals surface area contributed by atoms with Crippen LogP contribution in [0.3, 0.4) is 0 Å². The van der Waals surface area contributed by atoms with Crippen LogP contribution in [0.2, 0.25) is 5.02 Å². The summed E-state index contributed by atoms with van der Waals surface area (Å²) in [5.41, 5.74) is 7.19. The first-order valence-electron chi connectivity index (χ1n) is 7.87. The van der Waals surface area contributed by atoms with Crippen molar-refractivity contribution < 1.29 is 13.9 Å². The summed E-state index contributed by atoms with van der Waals surface area (Å²) in [5, 5.41) is 2.94. The second-order valence-electron chi connectivity index (χ2n) is 5.60. The molecule has 3 aromatic rings. The molecule has 0 amide bonds. The number of anilines is 3. The molecule has 0 spiro atoms. The molecule has 0 bridgehead atoms. The number of carbonyl (C=O) groups is 1. The number of rotatable bonds is 5. The second-order valence-corrected chi connectivity index (χ2v) is 6.00. The fraction of sp³-hybridized carbons (Fsp3) is 0.111. The number of nitrogens with two attached hydrogens (primary N) is 1. The van der Waals surface area contributed by atoms with Crippen LogP contribution < -0.4 is 11.1 Å². The molecule has 9 heteroatoms. The number of carbonyl (C=O) groups excluding carboxylic acids is 1. The highest BCUT2D eigenvalue weighted by molar-refractivity contribution is 6.33. The van der Waals surface area contributed by atoms with E-state index in [1.807, 2.05) is 31.2 Å². The van der Waals surface area contributed by atoms with Crippen molar-refractivity contribution in [2.45, 2.75) is 13.5 Å². The standard InChI is InChI=1S/C18H15ClFN5O2/c1-10-5-7-11(8-6-10)22-18-24-14(23-17(21)25-18)9-27-16(26)15-12(19)3-2-4-13(15)20/h2-8H,9H2,1H3,(H3,21,22,23,24,25). The Bertz CT molecular complexity index is 962. The Kier molecular flexibility index (Phi) is 5.46. The molecule has 3 rings (SSSR count). The van der Waals surface area contributed by atoms with Gasteiger partial charge in [-0.15, -0.1) is 0 Å². The Morgan fingerprint density at radius 1 is 1.19 bits per heavy atom. The smallest absolute Gasteiger partial charge is 0.343 e. The van der Waals surface area contributed by atoms with Gasteiger partial charge in [-0.3, -0.25) is 0 Å². The third-order valence-electron chi connectivity index (χ3n) is 3.51. The first-order chi connectivity index (χ1) is 12.9. The fourth-order valence-corrected chi connectivity index (χ4v) is 2.46. The van der Waals surface area contributed by atoms with Gasteiger partial charge in [-0.25, -0.2) is 9.18 Å². The minimum atomic E-state index is -0.926. The molecule has 0 radical (unpaired) electrons. The van der Waals surface area contributed by atoms with Gasteiger partial charge in [0.2, 0.25) is 11.9 Å². The maximum absolute atomic E-state index is 13.8. The third kappa shape index (κ3) is 4.68. The number of benzene rings is 2. The zero-order valence-electron chi connectivity index (χ0n) is 14.2. The largest absolute Gasteiger partial charge is 0.454 e. The molecular formula is C18H15ClFN5O2. The molecule has 0 saturated heterocycles. The minimum Gasteiger partial charge on any atom is -0.454 e. The highest BCUT2D eigenvalue weighted by Gasteiger charge is 2.18. The number of nitrogens with zero attached hydrogens (tertiary/aromatic N) is 3. The molecule has 1 aromatic heterocycles. The van der Waals surface area contributed by atoms with Crippen LogP contribution in [0.15, 0.2) is 42.5 Å². The lowest BCUT2D eigenvalue weighted by Crippen LogP contribution is -2.12. The van der Waals surface area contributed by atoms with E-state index in [-0.39, 0.29) is 34.9 Å². The Morgan fingerprint density at radius 2 is 1.93 bits per heavy atom. The highest BCUT2D eigenvalue weighted by Crippen LogP contribution is 2.20. The summed E-state index contributed by atoms with van der Waals surface area (Å²) in [7, 11) is 0. The molecule has 0 aliphatic heterocycles. The molecule has 7 nitrogen and oxygen atoms in total. The van der Waals surface area contributed by atoms with Crippen molar-refractivity contribution in [1.82, 2.24) is 15.0 Å². The van der Waals surface area contributed by atoms with E-state index in [9.17, 15) is 9.18 Å². The van der Waals surface area contributed by atoms with Gasteiger partial charge in [0, 0.05) is 5.69 Å². The number of hydrogen-bond donors (Lipinski definition) is 2. The summed E-state index contributed by atoms with van der Waals surface area (Å²) in [4.78, 5) is 24.1. The quantitative estimate of drug-likeness (QED) is 0.644. The van der Waals surface area contributed by atoms with Crippen LogP contribution in [0, 0.1) is 12.7 Å². The van der Waals surface area contributed by atoms with Gasteiger partial charge in [0.15, 0.2) is 12.4 Å². The molecule has 3 N–H and O–H groups in total. The number of hydrogen-bond acceptors (Lipinski definition) is 7. The summed E-state index contributed by atoms with van der Waals surface area (Å²) < 4.78 is 18.8. The topological polar surface area (TPSA) is 103 Å². The predicted octanol–water partition coefficient (Wildman–Crippen LogP) is 3.66. The number of nitrogen functional groups attached to an aromatic ring is 1. The van der Waals surface area contributed by atoms with Crippen molar-refractivity contribution >= 4 is 35.2 Å². The van der Waals surface area contributed by atoms with Crippen LogP contribution in [0.5, 0.6) is 0 Å². The Hall–Kier alpha value is -3.26. The molecule has 0 atom stereocenters. The van der Waals surface area contributed by atoms with E-state index in [4.69, 9.17) is 22.1 Å². The van der Waals surface area contributed by atoms with Crippen molar-refractivity contribution in [2.24, 2.45) is 0 Å². The normalized spacial score (nSPS) is 10.5. The maximum Gasteiger partial charge on any atom is 0.343 e. The number of aryl methyl sites for hydroxylation is 1. The lowest BCUT2D eigenvalue weighted by atomic mass is 10.2. The minimum absolute atomic E-state index is 0.0445. The van der Waals surface area contributed by atoms with E-state index in [0.717, 1.165) is 17.3 Å². The van der Waals surface area contributed by atoms with Gasteiger partial charge in [-0.2, -0.15) is 15.0 Å². The molecule has 1 heterocycles. The van der Waals surface area contributed by atoms with Gasteiger partial charge in [0.25, 0.3) is 0 Å². The van der Waals surface area contributed by atoms with Crippen LogP contribution in [-0.4, -0.2) is 20.9 Å². The number of nitrogens with one attached hydrogen (secondary N) is 1. The van der Waals surface area contributed by atoms with Crippen molar-refractivity contribution in [2.75, 3.05) is 11.1 Å². The maximum atomic E-state index is 13.8. The molecule has 0 aliphatic carbocycles. The van der Waals surface area contributed by atoms with Crippen molar-refractivity contribution in [3.63, 3.8) is 0 Å². The molecule has 0 fully saturated rings. The van der Waals surface area contributed by atoms with Gasteiger partial charge in [-0.1, -0.05) is 35.4 Å². The Morgan fingerprint density at radius 3 is 2.63 bits per heavy atom. The Balaban J connectivity index is 1.73. The number of aromatic nitrogens is 3. The van der Waals surface area contributed by atoms with Crippen LogP contribution >= 0.6 is 11.6 Å². The lowest BCUT2D eigenvalue weighted by Gasteiger charge is -2.09. The van der Waals surface area contributed by atoms with Gasteiger partial charge in [-0.05, 0) is 31.2 Å². The van der Waals surface area contributed by atoms with Crippen LogP contribution in [0.4, 0.5) is 22.0 Å². The van der Waals surface area contributed by atoms with Gasteiger partial charge in [0.1, 0.15) is 11.4 Å². The van der Waals surface area contributed by atoms with E-state index in [1.165, 1.54) is 12.1 Å². The average molecular weight is 388 g/mol. The van der Waals surface area contributed by atoms with Crippen LogP contribution in [0.1, 0.15) is 21.7 Å².